The van der Waals surface area contributed by atoms with Crippen LogP contribution in [0.5, 0.6) is 0 Å². The summed E-state index contributed by atoms with van der Waals surface area (Å²) in [5, 5.41) is 3.11. The number of rotatable bonds is 3. The van der Waals surface area contributed by atoms with E-state index in [9.17, 15) is 13.2 Å². The molecule has 0 aromatic heterocycles. The summed E-state index contributed by atoms with van der Waals surface area (Å²) in [5.74, 6) is -3.74. The second kappa shape index (κ2) is 5.19. The fourth-order valence-corrected chi connectivity index (χ4v) is 2.60. The fourth-order valence-electron chi connectivity index (χ4n) is 2.60. The SMILES string of the molecule is Fc1cc(CNc2ccc3c(c2)CCC3)cc(F)c1F. The van der Waals surface area contributed by atoms with E-state index in [-0.39, 0.29) is 6.54 Å². The summed E-state index contributed by atoms with van der Waals surface area (Å²) < 4.78 is 39.1. The zero-order valence-corrected chi connectivity index (χ0v) is 10.8. The lowest BCUT2D eigenvalue weighted by Crippen LogP contribution is -2.02. The minimum Gasteiger partial charge on any atom is -0.381 e. The third-order valence-corrected chi connectivity index (χ3v) is 3.64. The maximum Gasteiger partial charge on any atom is 0.194 e. The molecule has 2 aromatic rings. The Kier molecular flexibility index (Phi) is 3.38. The second-order valence-electron chi connectivity index (χ2n) is 5.06. The van der Waals surface area contributed by atoms with E-state index in [4.69, 9.17) is 0 Å². The van der Waals surface area contributed by atoms with E-state index < -0.39 is 17.5 Å². The van der Waals surface area contributed by atoms with Crippen LogP contribution in [0.15, 0.2) is 30.3 Å². The van der Waals surface area contributed by atoms with Crippen LogP contribution in [-0.2, 0) is 19.4 Å². The van der Waals surface area contributed by atoms with Gasteiger partial charge in [-0.3, -0.25) is 0 Å². The van der Waals surface area contributed by atoms with E-state index in [1.807, 2.05) is 6.07 Å². The van der Waals surface area contributed by atoms with Crippen molar-refractivity contribution in [3.05, 3.63) is 64.5 Å². The number of aryl methyl sites for hydroxylation is 2. The molecule has 20 heavy (non-hydrogen) atoms. The van der Waals surface area contributed by atoms with Crippen LogP contribution in [0.25, 0.3) is 0 Å². The molecule has 3 rings (SSSR count). The van der Waals surface area contributed by atoms with Crippen molar-refractivity contribution in [1.29, 1.82) is 0 Å². The van der Waals surface area contributed by atoms with E-state index in [0.717, 1.165) is 30.7 Å². The van der Waals surface area contributed by atoms with Gasteiger partial charge in [-0.1, -0.05) is 6.07 Å². The number of anilines is 1. The van der Waals surface area contributed by atoms with Crippen molar-refractivity contribution in [2.75, 3.05) is 5.32 Å². The lowest BCUT2D eigenvalue weighted by atomic mass is 10.1. The molecular weight excluding hydrogens is 263 g/mol. The summed E-state index contributed by atoms with van der Waals surface area (Å²) in [6.45, 7) is 0.257. The molecule has 0 amide bonds. The molecule has 1 N–H and O–H groups in total. The highest BCUT2D eigenvalue weighted by atomic mass is 19.2. The summed E-state index contributed by atoms with van der Waals surface area (Å²) in [5.41, 5.74) is 3.98. The predicted molar refractivity (Wildman–Crippen MR) is 72.1 cm³/mol. The van der Waals surface area contributed by atoms with E-state index in [0.29, 0.717) is 5.56 Å². The van der Waals surface area contributed by atoms with Crippen molar-refractivity contribution in [2.24, 2.45) is 0 Å². The lowest BCUT2D eigenvalue weighted by Gasteiger charge is -2.09. The van der Waals surface area contributed by atoms with E-state index >= 15 is 0 Å². The highest BCUT2D eigenvalue weighted by molar-refractivity contribution is 5.50. The van der Waals surface area contributed by atoms with Crippen LogP contribution in [0.3, 0.4) is 0 Å². The van der Waals surface area contributed by atoms with Crippen molar-refractivity contribution in [2.45, 2.75) is 25.8 Å². The van der Waals surface area contributed by atoms with Crippen molar-refractivity contribution < 1.29 is 13.2 Å². The van der Waals surface area contributed by atoms with Crippen molar-refractivity contribution in [3.8, 4) is 0 Å². The molecule has 4 heteroatoms. The van der Waals surface area contributed by atoms with E-state index in [1.165, 1.54) is 17.5 Å². The maximum absolute atomic E-state index is 13.1. The average molecular weight is 277 g/mol. The summed E-state index contributed by atoms with van der Waals surface area (Å²) in [7, 11) is 0. The fraction of sp³-hybridized carbons (Fsp3) is 0.250. The van der Waals surface area contributed by atoms with Gasteiger partial charge in [-0.25, -0.2) is 13.2 Å². The Morgan fingerprint density at radius 2 is 1.60 bits per heavy atom. The summed E-state index contributed by atoms with van der Waals surface area (Å²) in [6, 6.07) is 8.13. The van der Waals surface area contributed by atoms with Crippen LogP contribution in [0, 0.1) is 17.5 Å². The summed E-state index contributed by atoms with van der Waals surface area (Å²) >= 11 is 0. The highest BCUT2D eigenvalue weighted by Crippen LogP contribution is 2.25. The number of benzene rings is 2. The van der Waals surface area contributed by atoms with E-state index in [2.05, 4.69) is 17.4 Å². The molecule has 1 aliphatic rings. The zero-order chi connectivity index (χ0) is 14.1. The zero-order valence-electron chi connectivity index (χ0n) is 10.8. The monoisotopic (exact) mass is 277 g/mol. The summed E-state index contributed by atoms with van der Waals surface area (Å²) in [4.78, 5) is 0. The Morgan fingerprint density at radius 3 is 2.35 bits per heavy atom. The Morgan fingerprint density at radius 1 is 0.900 bits per heavy atom. The van der Waals surface area contributed by atoms with Crippen LogP contribution >= 0.6 is 0 Å². The molecule has 1 nitrogen and oxygen atoms in total. The molecule has 0 heterocycles. The van der Waals surface area contributed by atoms with Crippen molar-refractivity contribution in [3.63, 3.8) is 0 Å². The molecule has 0 bridgehead atoms. The number of hydrogen-bond donors (Lipinski definition) is 1. The van der Waals surface area contributed by atoms with Gasteiger partial charge in [0.05, 0.1) is 0 Å². The van der Waals surface area contributed by atoms with Crippen LogP contribution in [0.4, 0.5) is 18.9 Å². The molecule has 0 fully saturated rings. The molecule has 0 spiro atoms. The largest absolute Gasteiger partial charge is 0.381 e. The molecule has 0 unspecified atom stereocenters. The van der Waals surface area contributed by atoms with Crippen LogP contribution in [0.1, 0.15) is 23.1 Å². The van der Waals surface area contributed by atoms with Gasteiger partial charge in [0.25, 0.3) is 0 Å². The predicted octanol–water partition coefficient (Wildman–Crippen LogP) is 4.20. The average Bonchev–Trinajstić information content (AvgIpc) is 2.89. The molecule has 0 radical (unpaired) electrons. The van der Waals surface area contributed by atoms with Crippen molar-refractivity contribution >= 4 is 5.69 Å². The molecule has 104 valence electrons. The van der Waals surface area contributed by atoms with Gasteiger partial charge < -0.3 is 5.32 Å². The number of nitrogens with one attached hydrogen (secondary N) is 1. The maximum atomic E-state index is 13.1. The Labute approximate surface area is 115 Å². The third-order valence-electron chi connectivity index (χ3n) is 3.64. The standard InChI is InChI=1S/C16H14F3N/c17-14-6-10(7-15(18)16(14)19)9-20-13-5-4-11-2-1-3-12(11)8-13/h4-8,20H,1-3,9H2. The number of fused-ring (bicyclic) bond motifs is 1. The first kappa shape index (κ1) is 13.0. The molecule has 1 aliphatic carbocycles. The topological polar surface area (TPSA) is 12.0 Å². The minimum absolute atomic E-state index is 0.257. The van der Waals surface area contributed by atoms with Crippen LogP contribution < -0.4 is 5.32 Å². The second-order valence-corrected chi connectivity index (χ2v) is 5.06. The van der Waals surface area contributed by atoms with Gasteiger partial charge in [-0.15, -0.1) is 0 Å². The molecule has 0 saturated heterocycles. The highest BCUT2D eigenvalue weighted by Gasteiger charge is 2.12. The first-order chi connectivity index (χ1) is 9.63. The Bertz CT molecular complexity index is 629. The van der Waals surface area contributed by atoms with Crippen LogP contribution in [-0.4, -0.2) is 0 Å². The van der Waals surface area contributed by atoms with Gasteiger partial charge in [0.15, 0.2) is 17.5 Å². The van der Waals surface area contributed by atoms with Gasteiger partial charge >= 0.3 is 0 Å². The first-order valence-corrected chi connectivity index (χ1v) is 6.62. The first-order valence-electron chi connectivity index (χ1n) is 6.62. The van der Waals surface area contributed by atoms with Crippen LogP contribution in [0.2, 0.25) is 0 Å². The quantitative estimate of drug-likeness (QED) is 0.829. The molecule has 0 atom stereocenters. The van der Waals surface area contributed by atoms with Gasteiger partial charge in [0, 0.05) is 12.2 Å². The minimum atomic E-state index is -1.42. The normalized spacial score (nSPS) is 13.3. The third kappa shape index (κ3) is 2.50. The lowest BCUT2D eigenvalue weighted by molar-refractivity contribution is 0.445. The Hall–Kier alpha value is -1.97. The smallest absolute Gasteiger partial charge is 0.194 e. The molecule has 0 aliphatic heterocycles. The number of hydrogen-bond acceptors (Lipinski definition) is 1. The molecular formula is C16H14F3N. The Balaban J connectivity index is 1.73. The molecule has 0 saturated carbocycles. The van der Waals surface area contributed by atoms with Gasteiger partial charge in [0.2, 0.25) is 0 Å². The number of halogens is 3. The van der Waals surface area contributed by atoms with Gasteiger partial charge in [-0.2, -0.15) is 0 Å². The van der Waals surface area contributed by atoms with Gasteiger partial charge in [0.1, 0.15) is 0 Å². The molecule has 2 aromatic carbocycles. The van der Waals surface area contributed by atoms with E-state index in [1.54, 1.807) is 0 Å². The van der Waals surface area contributed by atoms with Crippen molar-refractivity contribution in [1.82, 2.24) is 0 Å². The van der Waals surface area contributed by atoms with Gasteiger partial charge in [-0.05, 0) is 60.2 Å². The summed E-state index contributed by atoms with van der Waals surface area (Å²) in [6.07, 6.45) is 3.36.